The lowest BCUT2D eigenvalue weighted by Gasteiger charge is -2.26. The summed E-state index contributed by atoms with van der Waals surface area (Å²) < 4.78 is 8.08. The monoisotopic (exact) mass is 480 g/mol. The Hall–Kier alpha value is -4.15. The maximum absolute atomic E-state index is 13.4. The van der Waals surface area contributed by atoms with Gasteiger partial charge in [-0.25, -0.2) is 9.78 Å². The third-order valence-electron chi connectivity index (χ3n) is 5.72. The van der Waals surface area contributed by atoms with Gasteiger partial charge in [0.1, 0.15) is 23.5 Å². The van der Waals surface area contributed by atoms with E-state index in [1.54, 1.807) is 18.2 Å². The number of H-pyrrole nitrogens is 1. The second kappa shape index (κ2) is 9.61. The van der Waals surface area contributed by atoms with Gasteiger partial charge in [0.15, 0.2) is 5.69 Å². The molecule has 11 heteroatoms. The zero-order chi connectivity index (χ0) is 25.3. The minimum atomic E-state index is -0.757. The Morgan fingerprint density at radius 2 is 1.97 bits per heavy atom. The van der Waals surface area contributed by atoms with Crippen molar-refractivity contribution < 1.29 is 9.21 Å². The van der Waals surface area contributed by atoms with Crippen LogP contribution in [0.1, 0.15) is 33.6 Å². The van der Waals surface area contributed by atoms with Crippen LogP contribution < -0.4 is 27.4 Å². The minimum absolute atomic E-state index is 0.0264. The van der Waals surface area contributed by atoms with Crippen molar-refractivity contribution in [3.63, 3.8) is 0 Å². The van der Waals surface area contributed by atoms with E-state index in [-0.39, 0.29) is 29.6 Å². The number of aromatic nitrogens is 4. The summed E-state index contributed by atoms with van der Waals surface area (Å²) in [4.78, 5) is 59.4. The highest BCUT2D eigenvalue weighted by molar-refractivity contribution is 6.02. The highest BCUT2D eigenvalue weighted by Crippen LogP contribution is 2.24. The van der Waals surface area contributed by atoms with E-state index in [4.69, 9.17) is 10.2 Å². The Kier molecular flexibility index (Phi) is 6.59. The van der Waals surface area contributed by atoms with Crippen molar-refractivity contribution in [1.29, 1.82) is 0 Å². The van der Waals surface area contributed by atoms with Crippen LogP contribution in [-0.4, -0.2) is 31.6 Å². The van der Waals surface area contributed by atoms with E-state index < -0.39 is 29.3 Å². The van der Waals surface area contributed by atoms with Crippen LogP contribution in [0.4, 0.5) is 11.5 Å². The molecule has 184 valence electrons. The quantitative estimate of drug-likeness (QED) is 0.392. The SMILES string of the molecule is CCCCn1c(N)c(N(CC(C)C)C(=O)Cn2cnc3c(oc4ccccc43)c2=O)c(=O)[nH]c1=O. The average molecular weight is 481 g/mol. The summed E-state index contributed by atoms with van der Waals surface area (Å²) in [5.74, 6) is -0.656. The Morgan fingerprint density at radius 1 is 1.23 bits per heavy atom. The Balaban J connectivity index is 1.76. The molecule has 4 rings (SSSR count). The molecule has 0 fully saturated rings. The molecule has 0 aliphatic carbocycles. The largest absolute Gasteiger partial charge is 0.448 e. The van der Waals surface area contributed by atoms with Crippen LogP contribution in [0.5, 0.6) is 0 Å². The first kappa shape index (κ1) is 24.0. The number of nitrogens with two attached hydrogens (primary N) is 1. The molecule has 0 atom stereocenters. The summed E-state index contributed by atoms with van der Waals surface area (Å²) in [6.07, 6.45) is 2.77. The molecule has 0 unspecified atom stereocenters. The van der Waals surface area contributed by atoms with Gasteiger partial charge in [0.2, 0.25) is 11.5 Å². The maximum atomic E-state index is 13.4. The van der Waals surface area contributed by atoms with E-state index in [0.717, 1.165) is 11.0 Å². The van der Waals surface area contributed by atoms with E-state index in [1.807, 2.05) is 26.8 Å². The van der Waals surface area contributed by atoms with Gasteiger partial charge in [0, 0.05) is 18.5 Å². The molecule has 35 heavy (non-hydrogen) atoms. The second-order valence-corrected chi connectivity index (χ2v) is 8.85. The lowest BCUT2D eigenvalue weighted by atomic mass is 10.2. The van der Waals surface area contributed by atoms with E-state index in [9.17, 15) is 19.2 Å². The molecule has 4 aromatic rings. The smallest absolute Gasteiger partial charge is 0.330 e. The molecule has 0 saturated carbocycles. The van der Waals surface area contributed by atoms with Crippen LogP contribution in [0, 0.1) is 5.92 Å². The lowest BCUT2D eigenvalue weighted by molar-refractivity contribution is -0.119. The number of nitrogen functional groups attached to an aromatic ring is 1. The number of nitrogens with zero attached hydrogens (tertiary/aromatic N) is 4. The van der Waals surface area contributed by atoms with Crippen molar-refractivity contribution in [2.24, 2.45) is 5.92 Å². The first-order valence-electron chi connectivity index (χ1n) is 11.5. The summed E-state index contributed by atoms with van der Waals surface area (Å²) >= 11 is 0. The van der Waals surface area contributed by atoms with Gasteiger partial charge in [0.05, 0.1) is 6.33 Å². The maximum Gasteiger partial charge on any atom is 0.330 e. The van der Waals surface area contributed by atoms with Gasteiger partial charge in [0.25, 0.3) is 11.1 Å². The van der Waals surface area contributed by atoms with Gasteiger partial charge in [-0.3, -0.25) is 28.5 Å². The number of fused-ring (bicyclic) bond motifs is 3. The Labute approximate surface area is 199 Å². The molecule has 0 bridgehead atoms. The van der Waals surface area contributed by atoms with E-state index in [1.165, 1.54) is 15.8 Å². The number of para-hydroxylation sites is 1. The zero-order valence-corrected chi connectivity index (χ0v) is 19.9. The van der Waals surface area contributed by atoms with Gasteiger partial charge in [-0.1, -0.05) is 39.3 Å². The van der Waals surface area contributed by atoms with Crippen molar-refractivity contribution in [2.45, 2.75) is 46.7 Å². The second-order valence-electron chi connectivity index (χ2n) is 8.85. The van der Waals surface area contributed by atoms with Gasteiger partial charge in [-0.05, 0) is 24.5 Å². The van der Waals surface area contributed by atoms with Crippen LogP contribution in [-0.2, 0) is 17.9 Å². The summed E-state index contributed by atoms with van der Waals surface area (Å²) in [6.45, 7) is 5.80. The van der Waals surface area contributed by atoms with Gasteiger partial charge >= 0.3 is 5.69 Å². The molecule has 1 amide bonds. The Bertz CT molecular complexity index is 1580. The number of unbranched alkanes of at least 4 members (excludes halogenated alkanes) is 1. The van der Waals surface area contributed by atoms with Crippen molar-refractivity contribution in [3.8, 4) is 0 Å². The molecule has 3 N–H and O–H groups in total. The summed E-state index contributed by atoms with van der Waals surface area (Å²) in [7, 11) is 0. The molecular formula is C24H28N6O5. The molecule has 0 spiro atoms. The first-order valence-corrected chi connectivity index (χ1v) is 11.5. The first-order chi connectivity index (χ1) is 16.7. The third-order valence-corrected chi connectivity index (χ3v) is 5.72. The predicted molar refractivity (Wildman–Crippen MR) is 134 cm³/mol. The Morgan fingerprint density at radius 3 is 2.69 bits per heavy atom. The number of hydrogen-bond acceptors (Lipinski definition) is 7. The van der Waals surface area contributed by atoms with Crippen molar-refractivity contribution in [1.82, 2.24) is 19.1 Å². The normalized spacial score (nSPS) is 11.5. The van der Waals surface area contributed by atoms with Crippen LogP contribution in [0.25, 0.3) is 22.1 Å². The fourth-order valence-corrected chi connectivity index (χ4v) is 4.02. The number of nitrogens with one attached hydrogen (secondary N) is 1. The average Bonchev–Trinajstić information content (AvgIpc) is 3.19. The predicted octanol–water partition coefficient (Wildman–Crippen LogP) is 2.06. The van der Waals surface area contributed by atoms with Crippen LogP contribution in [0.2, 0.25) is 0 Å². The van der Waals surface area contributed by atoms with Crippen molar-refractivity contribution in [3.05, 3.63) is 61.8 Å². The van der Waals surface area contributed by atoms with E-state index in [2.05, 4.69) is 9.97 Å². The number of rotatable bonds is 8. The van der Waals surface area contributed by atoms with Crippen molar-refractivity contribution >= 4 is 39.5 Å². The highest BCUT2D eigenvalue weighted by atomic mass is 16.3. The van der Waals surface area contributed by atoms with E-state index >= 15 is 0 Å². The molecule has 0 aliphatic rings. The third kappa shape index (κ3) is 4.48. The fourth-order valence-electron chi connectivity index (χ4n) is 4.02. The summed E-state index contributed by atoms with van der Waals surface area (Å²) in [6, 6.07) is 7.15. The molecular weight excluding hydrogens is 452 g/mol. The number of aromatic amines is 1. The molecule has 0 aliphatic heterocycles. The van der Waals surface area contributed by atoms with Crippen LogP contribution in [0.15, 0.2) is 49.4 Å². The number of anilines is 2. The lowest BCUT2D eigenvalue weighted by Crippen LogP contribution is -2.44. The number of benzene rings is 1. The van der Waals surface area contributed by atoms with Gasteiger partial charge in [-0.2, -0.15) is 0 Å². The summed E-state index contributed by atoms with van der Waals surface area (Å²) in [5.41, 5.74) is 5.21. The number of carbonyl (C=O) groups excluding carboxylic acids is 1. The fraction of sp³-hybridized carbons (Fsp3) is 0.375. The molecule has 11 nitrogen and oxygen atoms in total. The number of carbonyl (C=O) groups is 1. The number of hydrogen-bond donors (Lipinski definition) is 2. The van der Waals surface area contributed by atoms with Crippen LogP contribution in [0.3, 0.4) is 0 Å². The number of amides is 1. The molecule has 0 radical (unpaired) electrons. The van der Waals surface area contributed by atoms with Gasteiger partial charge < -0.3 is 15.1 Å². The number of furan rings is 1. The van der Waals surface area contributed by atoms with Crippen molar-refractivity contribution in [2.75, 3.05) is 17.2 Å². The van der Waals surface area contributed by atoms with Gasteiger partial charge in [-0.15, -0.1) is 0 Å². The topological polar surface area (TPSA) is 149 Å². The summed E-state index contributed by atoms with van der Waals surface area (Å²) in [5, 5.41) is 0.702. The highest BCUT2D eigenvalue weighted by Gasteiger charge is 2.26. The molecule has 0 saturated heterocycles. The van der Waals surface area contributed by atoms with E-state index in [0.29, 0.717) is 29.5 Å². The van der Waals surface area contributed by atoms with Crippen LogP contribution >= 0.6 is 0 Å². The molecule has 1 aromatic carbocycles. The zero-order valence-electron chi connectivity index (χ0n) is 19.9. The standard InChI is InChI=1S/C24H28N6O5/c1-4-5-10-29-21(25)19(22(32)27-24(29)34)30(11-14(2)3)17(31)12-28-13-26-18-15-8-6-7-9-16(15)35-20(18)23(28)33/h6-9,13-14H,4-5,10-12,25H2,1-3H3,(H,27,32,34). The minimum Gasteiger partial charge on any atom is -0.448 e. The molecule has 3 aromatic heterocycles. The molecule has 3 heterocycles.